The van der Waals surface area contributed by atoms with Crippen LogP contribution in [0.2, 0.25) is 0 Å². The van der Waals surface area contributed by atoms with Gasteiger partial charge in [-0.15, -0.1) is 22.7 Å². The average molecular weight is 655 g/mol. The van der Waals surface area contributed by atoms with Gasteiger partial charge in [0, 0.05) is 41.4 Å². The number of carbonyl (C=O) groups excluding carboxylic acids is 1. The Labute approximate surface area is 262 Å². The molecule has 5 aromatic rings. The van der Waals surface area contributed by atoms with Crippen molar-refractivity contribution in [3.8, 4) is 10.4 Å². The molecule has 3 aromatic carbocycles. The van der Waals surface area contributed by atoms with Crippen LogP contribution in [-0.4, -0.2) is 23.7 Å². The largest absolute Gasteiger partial charge is 0.457 e. The number of esters is 1. The molecule has 0 saturated carbocycles. The van der Waals surface area contributed by atoms with Crippen LogP contribution < -0.4 is 0 Å². The maximum Gasteiger partial charge on any atom is 0.380 e. The second kappa shape index (κ2) is 11.0. The lowest BCUT2D eigenvalue weighted by atomic mass is 9.93. The number of benzene rings is 3. The van der Waals surface area contributed by atoms with Crippen molar-refractivity contribution in [3.63, 3.8) is 0 Å². The Morgan fingerprint density at radius 3 is 2.13 bits per heavy atom. The first-order valence-corrected chi connectivity index (χ1v) is 15.4. The van der Waals surface area contributed by atoms with Crippen LogP contribution in [0.5, 0.6) is 0 Å². The molecule has 10 heteroatoms. The summed E-state index contributed by atoms with van der Waals surface area (Å²) < 4.78 is 98.2. The Hall–Kier alpha value is -4.15. The van der Waals surface area contributed by atoms with Crippen LogP contribution in [0, 0.1) is 13.8 Å². The fraction of sp³-hybridized carbons (Fsp3) is 0.171. The first-order valence-electron chi connectivity index (χ1n) is 13.7. The molecule has 0 spiro atoms. The molecule has 2 heterocycles. The van der Waals surface area contributed by atoms with Gasteiger partial charge >= 0.3 is 23.7 Å². The minimum atomic E-state index is -5.64. The van der Waals surface area contributed by atoms with E-state index >= 15 is 26.3 Å². The molecule has 1 aliphatic rings. The van der Waals surface area contributed by atoms with Crippen LogP contribution in [0.3, 0.4) is 0 Å². The van der Waals surface area contributed by atoms with Crippen LogP contribution >= 0.6 is 22.7 Å². The number of allylic oxidation sites excluding steroid dienone is 2. The Morgan fingerprint density at radius 2 is 1.47 bits per heavy atom. The monoisotopic (exact) mass is 654 g/mol. The summed E-state index contributed by atoms with van der Waals surface area (Å²) in [6, 6.07) is 21.0. The van der Waals surface area contributed by atoms with Gasteiger partial charge in [-0.05, 0) is 60.4 Å². The highest BCUT2D eigenvalue weighted by Gasteiger charge is 2.80. The van der Waals surface area contributed by atoms with Crippen LogP contribution in [0.1, 0.15) is 42.4 Å². The van der Waals surface area contributed by atoms with Gasteiger partial charge in [-0.1, -0.05) is 67.3 Å². The molecule has 0 bridgehead atoms. The number of rotatable bonds is 7. The number of thiophene rings is 2. The standard InChI is InChI=1S/C35H24F6O2S2/c1-4-21-9-15-24(16-10-21)32(42)43-18-22-11-13-23(14-12-22)28-17-26(19(2)44-28)30-31(34(38,39)35(40,41)33(30,36)37)29-20(3)45-27-8-6-5-7-25(27)29/h4-17H,1,18H2,2-3H3. The van der Waals surface area contributed by atoms with Crippen molar-refractivity contribution >= 4 is 56.0 Å². The Balaban J connectivity index is 1.35. The van der Waals surface area contributed by atoms with E-state index in [-0.39, 0.29) is 32.9 Å². The Kier molecular flexibility index (Phi) is 7.56. The SMILES string of the molecule is C=Cc1ccc(C(=O)OCc2ccc(-c3cc(C4=C(c5c(C)sc6ccccc56)C(F)(F)C(F)(F)C4(F)F)c(C)s3)cc2)cc1. The van der Waals surface area contributed by atoms with E-state index < -0.39 is 34.9 Å². The van der Waals surface area contributed by atoms with Gasteiger partial charge in [0.1, 0.15) is 6.61 Å². The molecule has 0 fully saturated rings. The minimum Gasteiger partial charge on any atom is -0.457 e. The molecule has 230 valence electrons. The number of carbonyl (C=O) groups is 1. The van der Waals surface area contributed by atoms with E-state index in [0.29, 0.717) is 26.3 Å². The highest BCUT2D eigenvalue weighted by Crippen LogP contribution is 2.66. The number of hydrogen-bond donors (Lipinski definition) is 0. The van der Waals surface area contributed by atoms with Crippen molar-refractivity contribution in [2.24, 2.45) is 0 Å². The summed E-state index contributed by atoms with van der Waals surface area (Å²) in [7, 11) is 0. The zero-order valence-corrected chi connectivity index (χ0v) is 25.5. The minimum absolute atomic E-state index is 0.0301. The normalized spacial score (nSPS) is 16.7. The summed E-state index contributed by atoms with van der Waals surface area (Å²) in [5, 5.41) is 0.221. The zero-order valence-electron chi connectivity index (χ0n) is 23.9. The summed E-state index contributed by atoms with van der Waals surface area (Å²) in [5.74, 6) is -16.4. The van der Waals surface area contributed by atoms with Crippen molar-refractivity contribution in [2.45, 2.75) is 38.2 Å². The maximum atomic E-state index is 15.6. The van der Waals surface area contributed by atoms with Crippen LogP contribution in [-0.2, 0) is 11.3 Å². The smallest absolute Gasteiger partial charge is 0.380 e. The summed E-state index contributed by atoms with van der Waals surface area (Å²) in [5.41, 5.74) is -0.880. The number of alkyl halides is 6. The van der Waals surface area contributed by atoms with Gasteiger partial charge in [-0.3, -0.25) is 0 Å². The van der Waals surface area contributed by atoms with Gasteiger partial charge in [0.2, 0.25) is 0 Å². The molecule has 0 saturated heterocycles. The van der Waals surface area contributed by atoms with Gasteiger partial charge in [-0.25, -0.2) is 4.79 Å². The highest BCUT2D eigenvalue weighted by atomic mass is 32.1. The van der Waals surface area contributed by atoms with Crippen molar-refractivity contribution < 1.29 is 35.9 Å². The Bertz CT molecular complexity index is 1980. The summed E-state index contributed by atoms with van der Waals surface area (Å²) >= 11 is 2.13. The third-order valence-corrected chi connectivity index (χ3v) is 10.1. The number of fused-ring (bicyclic) bond motifs is 1. The maximum absolute atomic E-state index is 15.6. The van der Waals surface area contributed by atoms with Gasteiger partial charge < -0.3 is 4.74 Å². The topological polar surface area (TPSA) is 26.3 Å². The van der Waals surface area contributed by atoms with E-state index in [4.69, 9.17) is 4.74 Å². The third kappa shape index (κ3) is 4.91. The fourth-order valence-corrected chi connectivity index (χ4v) is 7.62. The first-order chi connectivity index (χ1) is 21.3. The van der Waals surface area contributed by atoms with Crippen molar-refractivity contribution in [3.05, 3.63) is 123 Å². The molecule has 0 N–H and O–H groups in total. The van der Waals surface area contributed by atoms with E-state index in [2.05, 4.69) is 6.58 Å². The van der Waals surface area contributed by atoms with Crippen LogP contribution in [0.25, 0.3) is 37.7 Å². The summed E-state index contributed by atoms with van der Waals surface area (Å²) in [6.07, 6.45) is 1.65. The molecule has 0 atom stereocenters. The van der Waals surface area contributed by atoms with Gasteiger partial charge in [0.05, 0.1) is 5.56 Å². The summed E-state index contributed by atoms with van der Waals surface area (Å²) in [4.78, 5) is 13.3. The first kappa shape index (κ1) is 30.9. The Morgan fingerprint density at radius 1 is 0.822 bits per heavy atom. The van der Waals surface area contributed by atoms with E-state index in [0.717, 1.165) is 28.2 Å². The van der Waals surface area contributed by atoms with Crippen LogP contribution in [0.4, 0.5) is 26.3 Å². The predicted octanol–water partition coefficient (Wildman–Crippen LogP) is 11.1. The molecular weight excluding hydrogens is 631 g/mol. The van der Waals surface area contributed by atoms with E-state index in [1.165, 1.54) is 26.0 Å². The lowest BCUT2D eigenvalue weighted by Gasteiger charge is -2.25. The lowest BCUT2D eigenvalue weighted by Crippen LogP contribution is -2.48. The van der Waals surface area contributed by atoms with E-state index in [1.807, 2.05) is 0 Å². The molecule has 0 amide bonds. The van der Waals surface area contributed by atoms with E-state index in [1.54, 1.807) is 72.8 Å². The highest BCUT2D eigenvalue weighted by molar-refractivity contribution is 7.19. The molecule has 2 nitrogen and oxygen atoms in total. The van der Waals surface area contributed by atoms with Crippen molar-refractivity contribution in [2.75, 3.05) is 0 Å². The lowest BCUT2D eigenvalue weighted by molar-refractivity contribution is -0.254. The molecule has 2 aromatic heterocycles. The van der Waals surface area contributed by atoms with Crippen molar-refractivity contribution in [1.82, 2.24) is 0 Å². The molecule has 6 rings (SSSR count). The van der Waals surface area contributed by atoms with Gasteiger partial charge in [-0.2, -0.15) is 26.3 Å². The zero-order chi connectivity index (χ0) is 32.3. The fourth-order valence-electron chi connectivity index (χ4n) is 5.51. The number of halogens is 6. The average Bonchev–Trinajstić information content (AvgIpc) is 3.59. The molecule has 0 unspecified atom stereocenters. The second-order valence-electron chi connectivity index (χ2n) is 10.7. The summed E-state index contributed by atoms with van der Waals surface area (Å²) in [6.45, 7) is 6.56. The molecule has 1 aliphatic carbocycles. The van der Waals surface area contributed by atoms with Gasteiger partial charge in [0.25, 0.3) is 0 Å². The van der Waals surface area contributed by atoms with Crippen LogP contribution in [0.15, 0.2) is 85.4 Å². The third-order valence-electron chi connectivity index (χ3n) is 7.87. The number of hydrogen-bond acceptors (Lipinski definition) is 4. The molecule has 45 heavy (non-hydrogen) atoms. The second-order valence-corrected chi connectivity index (χ2v) is 13.2. The molecule has 0 aliphatic heterocycles. The number of aryl methyl sites for hydroxylation is 2. The number of ether oxygens (including phenoxy) is 1. The van der Waals surface area contributed by atoms with Crippen molar-refractivity contribution in [1.29, 1.82) is 0 Å². The van der Waals surface area contributed by atoms with E-state index in [9.17, 15) is 4.79 Å². The quantitative estimate of drug-likeness (QED) is 0.129. The predicted molar refractivity (Wildman–Crippen MR) is 168 cm³/mol. The molecule has 0 radical (unpaired) electrons. The molecular formula is C35H24F6O2S2. The van der Waals surface area contributed by atoms with Gasteiger partial charge in [0.15, 0.2) is 0 Å².